The highest BCUT2D eigenvalue weighted by molar-refractivity contribution is 5.38. The fourth-order valence-corrected chi connectivity index (χ4v) is 0.964. The Morgan fingerprint density at radius 3 is 2.73 bits per heavy atom. The van der Waals surface area contributed by atoms with Crippen molar-refractivity contribution < 1.29 is 4.74 Å². The molecule has 0 radical (unpaired) electrons. The summed E-state index contributed by atoms with van der Waals surface area (Å²) in [5, 5.41) is 0. The molecule has 0 spiro atoms. The molecule has 1 unspecified atom stereocenters. The van der Waals surface area contributed by atoms with E-state index in [0.717, 1.165) is 11.3 Å². The topological polar surface area (TPSA) is 9.23 Å². The number of ether oxygens (including phenoxy) is 1. The van der Waals surface area contributed by atoms with E-state index in [1.807, 2.05) is 19.1 Å². The molecule has 0 saturated carbocycles. The standard InChI is InChI=1S/C10H12O/c1-4-9-7-6-8(3)11-10(9)5-2/h4-8H,1-2H2,3H3. The van der Waals surface area contributed by atoms with Crippen molar-refractivity contribution in [2.75, 3.05) is 0 Å². The molecule has 0 aromatic carbocycles. The van der Waals surface area contributed by atoms with Gasteiger partial charge in [-0.05, 0) is 19.1 Å². The number of hydrogen-bond donors (Lipinski definition) is 0. The van der Waals surface area contributed by atoms with Crippen molar-refractivity contribution in [2.24, 2.45) is 0 Å². The first-order chi connectivity index (χ1) is 5.27. The predicted octanol–water partition coefficient (Wildman–Crippen LogP) is 2.59. The van der Waals surface area contributed by atoms with Crippen LogP contribution in [0, 0.1) is 0 Å². The Hall–Kier alpha value is -1.24. The highest BCUT2D eigenvalue weighted by Crippen LogP contribution is 2.18. The zero-order valence-electron chi connectivity index (χ0n) is 6.71. The number of hydrogen-bond acceptors (Lipinski definition) is 1. The minimum atomic E-state index is 0.145. The van der Waals surface area contributed by atoms with E-state index >= 15 is 0 Å². The molecule has 1 heterocycles. The lowest BCUT2D eigenvalue weighted by molar-refractivity contribution is 0.175. The van der Waals surface area contributed by atoms with Gasteiger partial charge in [0.2, 0.25) is 0 Å². The van der Waals surface area contributed by atoms with E-state index in [0.29, 0.717) is 0 Å². The Balaban J connectivity index is 2.93. The van der Waals surface area contributed by atoms with E-state index < -0.39 is 0 Å². The van der Waals surface area contributed by atoms with Crippen LogP contribution in [-0.4, -0.2) is 6.10 Å². The van der Waals surface area contributed by atoms with Gasteiger partial charge in [-0.2, -0.15) is 0 Å². The van der Waals surface area contributed by atoms with E-state index in [2.05, 4.69) is 13.2 Å². The molecule has 1 heteroatoms. The zero-order chi connectivity index (χ0) is 8.27. The summed E-state index contributed by atoms with van der Waals surface area (Å²) in [5.41, 5.74) is 0.998. The summed E-state index contributed by atoms with van der Waals surface area (Å²) < 4.78 is 5.44. The van der Waals surface area contributed by atoms with Gasteiger partial charge >= 0.3 is 0 Å². The van der Waals surface area contributed by atoms with Crippen LogP contribution in [0.3, 0.4) is 0 Å². The monoisotopic (exact) mass is 148 g/mol. The van der Waals surface area contributed by atoms with Crippen LogP contribution >= 0.6 is 0 Å². The lowest BCUT2D eigenvalue weighted by Gasteiger charge is -2.17. The van der Waals surface area contributed by atoms with E-state index in [1.165, 1.54) is 0 Å². The van der Waals surface area contributed by atoms with Gasteiger partial charge in [0.05, 0.1) is 0 Å². The van der Waals surface area contributed by atoms with Crippen molar-refractivity contribution in [1.82, 2.24) is 0 Å². The van der Waals surface area contributed by atoms with Gasteiger partial charge in [0.25, 0.3) is 0 Å². The molecular weight excluding hydrogens is 136 g/mol. The summed E-state index contributed by atoms with van der Waals surface area (Å²) in [6, 6.07) is 0. The lowest BCUT2D eigenvalue weighted by Crippen LogP contribution is -2.08. The summed E-state index contributed by atoms with van der Waals surface area (Å²) in [6.45, 7) is 9.31. The maximum atomic E-state index is 5.44. The highest BCUT2D eigenvalue weighted by atomic mass is 16.5. The van der Waals surface area contributed by atoms with Crippen molar-refractivity contribution in [3.05, 3.63) is 48.8 Å². The van der Waals surface area contributed by atoms with Gasteiger partial charge in [0, 0.05) is 5.57 Å². The van der Waals surface area contributed by atoms with Gasteiger partial charge in [-0.15, -0.1) is 0 Å². The average molecular weight is 148 g/mol. The Kier molecular flexibility index (Phi) is 2.32. The van der Waals surface area contributed by atoms with Gasteiger partial charge in [-0.3, -0.25) is 0 Å². The fraction of sp³-hybridized carbons (Fsp3) is 0.200. The van der Waals surface area contributed by atoms with E-state index in [1.54, 1.807) is 12.2 Å². The van der Waals surface area contributed by atoms with Gasteiger partial charge < -0.3 is 4.74 Å². The normalized spacial score (nSPS) is 22.8. The Morgan fingerprint density at radius 2 is 2.18 bits per heavy atom. The second kappa shape index (κ2) is 3.24. The Bertz CT molecular complexity index is 233. The van der Waals surface area contributed by atoms with Crippen molar-refractivity contribution >= 4 is 0 Å². The largest absolute Gasteiger partial charge is 0.486 e. The summed E-state index contributed by atoms with van der Waals surface area (Å²) in [5.74, 6) is 0.815. The smallest absolute Gasteiger partial charge is 0.126 e. The third kappa shape index (κ3) is 1.61. The number of allylic oxidation sites excluding steroid dienone is 4. The van der Waals surface area contributed by atoms with Crippen LogP contribution in [0.5, 0.6) is 0 Å². The molecule has 0 saturated heterocycles. The molecule has 1 rings (SSSR count). The van der Waals surface area contributed by atoms with E-state index in [4.69, 9.17) is 4.74 Å². The molecule has 0 bridgehead atoms. The molecule has 0 aromatic rings. The van der Waals surface area contributed by atoms with Crippen LogP contribution in [0.2, 0.25) is 0 Å². The van der Waals surface area contributed by atoms with Gasteiger partial charge in [-0.25, -0.2) is 0 Å². The molecule has 1 aliphatic rings. The highest BCUT2D eigenvalue weighted by Gasteiger charge is 2.08. The van der Waals surface area contributed by atoms with Gasteiger partial charge in [0.1, 0.15) is 11.9 Å². The van der Waals surface area contributed by atoms with Crippen molar-refractivity contribution in [2.45, 2.75) is 13.0 Å². The van der Waals surface area contributed by atoms with Crippen molar-refractivity contribution in [3.63, 3.8) is 0 Å². The first-order valence-electron chi connectivity index (χ1n) is 3.62. The van der Waals surface area contributed by atoms with Crippen LogP contribution in [0.15, 0.2) is 48.8 Å². The molecule has 0 aliphatic carbocycles. The summed E-state index contributed by atoms with van der Waals surface area (Å²) in [7, 11) is 0. The first-order valence-corrected chi connectivity index (χ1v) is 3.62. The van der Waals surface area contributed by atoms with Crippen molar-refractivity contribution in [3.8, 4) is 0 Å². The maximum Gasteiger partial charge on any atom is 0.126 e. The Morgan fingerprint density at radius 1 is 1.45 bits per heavy atom. The zero-order valence-corrected chi connectivity index (χ0v) is 6.71. The van der Waals surface area contributed by atoms with Gasteiger partial charge in [-0.1, -0.05) is 25.3 Å². The van der Waals surface area contributed by atoms with Gasteiger partial charge in [0.15, 0.2) is 0 Å². The summed E-state index contributed by atoms with van der Waals surface area (Å²) >= 11 is 0. The SMILES string of the molecule is C=CC1=C(C=C)OC(C)C=C1. The average Bonchev–Trinajstić information content (AvgIpc) is 2.04. The second-order valence-electron chi connectivity index (χ2n) is 2.41. The minimum absolute atomic E-state index is 0.145. The minimum Gasteiger partial charge on any atom is -0.486 e. The molecule has 0 aromatic heterocycles. The third-order valence-corrected chi connectivity index (χ3v) is 1.55. The second-order valence-corrected chi connectivity index (χ2v) is 2.41. The summed E-state index contributed by atoms with van der Waals surface area (Å²) in [6.07, 6.45) is 7.60. The molecule has 58 valence electrons. The van der Waals surface area contributed by atoms with E-state index in [-0.39, 0.29) is 6.10 Å². The predicted molar refractivity (Wildman–Crippen MR) is 47.1 cm³/mol. The third-order valence-electron chi connectivity index (χ3n) is 1.55. The molecule has 0 N–H and O–H groups in total. The van der Waals surface area contributed by atoms with Crippen LogP contribution in [0.25, 0.3) is 0 Å². The van der Waals surface area contributed by atoms with Crippen LogP contribution in [0.4, 0.5) is 0 Å². The van der Waals surface area contributed by atoms with E-state index in [9.17, 15) is 0 Å². The van der Waals surface area contributed by atoms with Crippen LogP contribution in [0.1, 0.15) is 6.92 Å². The van der Waals surface area contributed by atoms with Crippen LogP contribution < -0.4 is 0 Å². The lowest BCUT2D eigenvalue weighted by atomic mass is 10.1. The molecule has 11 heavy (non-hydrogen) atoms. The molecular formula is C10H12O. The quantitative estimate of drug-likeness (QED) is 0.584. The Labute approximate surface area is 67.4 Å². The van der Waals surface area contributed by atoms with Crippen molar-refractivity contribution in [1.29, 1.82) is 0 Å². The molecule has 0 amide bonds. The molecule has 1 nitrogen and oxygen atoms in total. The molecule has 0 fully saturated rings. The maximum absolute atomic E-state index is 5.44. The van der Waals surface area contributed by atoms with Crippen LogP contribution in [-0.2, 0) is 4.74 Å². The number of rotatable bonds is 2. The molecule has 1 aliphatic heterocycles. The summed E-state index contributed by atoms with van der Waals surface area (Å²) in [4.78, 5) is 0. The first kappa shape index (κ1) is 7.86. The fourth-order valence-electron chi connectivity index (χ4n) is 0.964. The molecule has 1 atom stereocenters.